The summed E-state index contributed by atoms with van der Waals surface area (Å²) in [5.41, 5.74) is 0.754. The molecule has 0 fully saturated rings. The normalized spacial score (nSPS) is 14.4. The van der Waals surface area contributed by atoms with Crippen LogP contribution < -0.4 is 10.0 Å². The minimum Gasteiger partial charge on any atom is -0.349 e. The summed E-state index contributed by atoms with van der Waals surface area (Å²) in [7, 11) is -2.23. The zero-order valence-electron chi connectivity index (χ0n) is 12.2. The highest BCUT2D eigenvalue weighted by molar-refractivity contribution is 7.89. The molecule has 0 aliphatic heterocycles. The maximum atomic E-state index is 12.3. The highest BCUT2D eigenvalue weighted by Gasteiger charge is 2.32. The van der Waals surface area contributed by atoms with E-state index in [-0.39, 0.29) is 4.90 Å². The highest BCUT2D eigenvalue weighted by atomic mass is 32.2. The van der Waals surface area contributed by atoms with Gasteiger partial charge in [0.15, 0.2) is 0 Å². The first-order chi connectivity index (χ1) is 9.59. The number of halogens is 3. The molecule has 5 nitrogen and oxygen atoms in total. The van der Waals surface area contributed by atoms with Gasteiger partial charge in [-0.3, -0.25) is 0 Å². The van der Waals surface area contributed by atoms with Crippen LogP contribution in [0, 0.1) is 0 Å². The van der Waals surface area contributed by atoms with E-state index in [1.54, 1.807) is 11.6 Å². The van der Waals surface area contributed by atoms with Crippen molar-refractivity contribution in [3.63, 3.8) is 0 Å². The fourth-order valence-corrected chi connectivity index (χ4v) is 3.32. The molecule has 0 bridgehead atoms. The van der Waals surface area contributed by atoms with Crippen molar-refractivity contribution in [3.8, 4) is 0 Å². The molecule has 0 aliphatic carbocycles. The Morgan fingerprint density at radius 3 is 2.48 bits per heavy atom. The second-order valence-electron chi connectivity index (χ2n) is 4.83. The Hall–Kier alpha value is -1.06. The number of nitrogens with one attached hydrogen (secondary N) is 2. The van der Waals surface area contributed by atoms with Crippen LogP contribution in [0.15, 0.2) is 17.2 Å². The van der Waals surface area contributed by atoms with Crippen molar-refractivity contribution in [2.24, 2.45) is 0 Å². The van der Waals surface area contributed by atoms with Gasteiger partial charge in [-0.05, 0) is 27.0 Å². The standard InChI is InChI=1S/C12H20F3N3O2S/c1-4-18-8-11(5-10(18)7-16-3)21(19,20)17-9(2)6-12(13,14)15/h5,8-9,16-17H,4,6-7H2,1-3H3. The van der Waals surface area contributed by atoms with E-state index < -0.39 is 28.7 Å². The van der Waals surface area contributed by atoms with Crippen molar-refractivity contribution < 1.29 is 21.6 Å². The molecule has 0 radical (unpaired) electrons. The van der Waals surface area contributed by atoms with Crippen LogP contribution in [0.2, 0.25) is 0 Å². The van der Waals surface area contributed by atoms with Gasteiger partial charge in [0.05, 0.1) is 11.3 Å². The third-order valence-corrected chi connectivity index (χ3v) is 4.42. The van der Waals surface area contributed by atoms with E-state index in [0.717, 1.165) is 5.69 Å². The van der Waals surface area contributed by atoms with E-state index in [0.29, 0.717) is 13.1 Å². The van der Waals surface area contributed by atoms with Crippen LogP contribution in [0.5, 0.6) is 0 Å². The van der Waals surface area contributed by atoms with Crippen LogP contribution in [0.1, 0.15) is 26.0 Å². The molecular weight excluding hydrogens is 307 g/mol. The molecule has 2 N–H and O–H groups in total. The van der Waals surface area contributed by atoms with Gasteiger partial charge in [-0.25, -0.2) is 13.1 Å². The van der Waals surface area contributed by atoms with Gasteiger partial charge in [-0.2, -0.15) is 13.2 Å². The molecule has 122 valence electrons. The SMILES string of the molecule is CCn1cc(S(=O)(=O)NC(C)CC(F)(F)F)cc1CNC. The fraction of sp³-hybridized carbons (Fsp3) is 0.667. The predicted molar refractivity (Wildman–Crippen MR) is 73.3 cm³/mol. The lowest BCUT2D eigenvalue weighted by molar-refractivity contribution is -0.137. The molecular formula is C12H20F3N3O2S. The Labute approximate surface area is 122 Å². The molecule has 1 aromatic heterocycles. The molecule has 1 aromatic rings. The van der Waals surface area contributed by atoms with E-state index >= 15 is 0 Å². The number of hydrogen-bond acceptors (Lipinski definition) is 3. The minimum atomic E-state index is -4.41. The van der Waals surface area contributed by atoms with Gasteiger partial charge in [-0.1, -0.05) is 0 Å². The average Bonchev–Trinajstić information content (AvgIpc) is 2.70. The van der Waals surface area contributed by atoms with Crippen LogP contribution in [-0.2, 0) is 23.1 Å². The predicted octanol–water partition coefficient (Wildman–Crippen LogP) is 1.85. The molecule has 1 heterocycles. The third-order valence-electron chi connectivity index (χ3n) is 2.86. The van der Waals surface area contributed by atoms with E-state index in [2.05, 4.69) is 10.0 Å². The van der Waals surface area contributed by atoms with Crippen molar-refractivity contribution >= 4 is 10.0 Å². The molecule has 1 atom stereocenters. The quantitative estimate of drug-likeness (QED) is 0.803. The molecule has 0 spiro atoms. The third kappa shape index (κ3) is 5.33. The summed E-state index contributed by atoms with van der Waals surface area (Å²) in [4.78, 5) is -0.0244. The Morgan fingerprint density at radius 1 is 1.38 bits per heavy atom. The molecule has 0 saturated heterocycles. The van der Waals surface area contributed by atoms with Crippen molar-refractivity contribution in [3.05, 3.63) is 18.0 Å². The number of hydrogen-bond donors (Lipinski definition) is 2. The first kappa shape index (κ1) is 18.0. The van der Waals surface area contributed by atoms with Gasteiger partial charge in [0, 0.05) is 31.0 Å². The van der Waals surface area contributed by atoms with Crippen LogP contribution in [0.25, 0.3) is 0 Å². The van der Waals surface area contributed by atoms with Gasteiger partial charge >= 0.3 is 6.18 Å². The van der Waals surface area contributed by atoms with Gasteiger partial charge in [0.1, 0.15) is 0 Å². The van der Waals surface area contributed by atoms with Crippen molar-refractivity contribution in [1.82, 2.24) is 14.6 Å². The number of alkyl halides is 3. The molecule has 1 unspecified atom stereocenters. The van der Waals surface area contributed by atoms with Crippen LogP contribution in [-0.4, -0.2) is 32.3 Å². The van der Waals surface area contributed by atoms with Gasteiger partial charge < -0.3 is 9.88 Å². The Morgan fingerprint density at radius 2 is 2.00 bits per heavy atom. The van der Waals surface area contributed by atoms with Crippen molar-refractivity contribution in [1.29, 1.82) is 0 Å². The number of aromatic nitrogens is 1. The lowest BCUT2D eigenvalue weighted by Crippen LogP contribution is -2.35. The number of rotatable bonds is 7. The summed E-state index contributed by atoms with van der Waals surface area (Å²) in [6.45, 7) is 4.09. The fourth-order valence-electron chi connectivity index (χ4n) is 2.02. The van der Waals surface area contributed by atoms with E-state index in [4.69, 9.17) is 0 Å². The Bertz CT molecular complexity index is 567. The number of sulfonamides is 1. The van der Waals surface area contributed by atoms with Gasteiger partial charge in [0.2, 0.25) is 10.0 Å². The molecule has 0 aliphatic rings. The second kappa shape index (κ2) is 6.80. The van der Waals surface area contributed by atoms with Gasteiger partial charge in [-0.15, -0.1) is 0 Å². The summed E-state index contributed by atoms with van der Waals surface area (Å²) in [6, 6.07) is 0.246. The van der Waals surface area contributed by atoms with Crippen molar-refractivity contribution in [2.75, 3.05) is 7.05 Å². The first-order valence-corrected chi connectivity index (χ1v) is 8.00. The number of nitrogens with zero attached hydrogens (tertiary/aromatic N) is 1. The molecule has 0 aromatic carbocycles. The van der Waals surface area contributed by atoms with E-state index in [1.165, 1.54) is 19.2 Å². The maximum Gasteiger partial charge on any atom is 0.390 e. The Balaban J connectivity index is 2.92. The summed E-state index contributed by atoms with van der Waals surface area (Å²) in [5, 5.41) is 2.91. The van der Waals surface area contributed by atoms with E-state index in [1.807, 2.05) is 6.92 Å². The topological polar surface area (TPSA) is 63.1 Å². The van der Waals surface area contributed by atoms with Crippen LogP contribution >= 0.6 is 0 Å². The molecule has 0 amide bonds. The lowest BCUT2D eigenvalue weighted by Gasteiger charge is -2.15. The summed E-state index contributed by atoms with van der Waals surface area (Å²) >= 11 is 0. The lowest BCUT2D eigenvalue weighted by atomic mass is 10.2. The molecule has 21 heavy (non-hydrogen) atoms. The molecule has 9 heteroatoms. The Kier molecular flexibility index (Phi) is 5.83. The maximum absolute atomic E-state index is 12.3. The molecule has 0 saturated carbocycles. The second-order valence-corrected chi connectivity index (χ2v) is 6.54. The molecule has 1 rings (SSSR count). The van der Waals surface area contributed by atoms with E-state index in [9.17, 15) is 21.6 Å². The van der Waals surface area contributed by atoms with Crippen molar-refractivity contribution in [2.45, 2.75) is 50.5 Å². The zero-order valence-corrected chi connectivity index (χ0v) is 13.0. The number of aryl methyl sites for hydroxylation is 1. The van der Waals surface area contributed by atoms with Crippen LogP contribution in [0.3, 0.4) is 0 Å². The van der Waals surface area contributed by atoms with Crippen LogP contribution in [0.4, 0.5) is 13.2 Å². The highest BCUT2D eigenvalue weighted by Crippen LogP contribution is 2.22. The summed E-state index contributed by atoms with van der Waals surface area (Å²) in [5.74, 6) is 0. The largest absolute Gasteiger partial charge is 0.390 e. The summed E-state index contributed by atoms with van der Waals surface area (Å²) < 4.78 is 64.8. The zero-order chi connectivity index (χ0) is 16.3. The minimum absolute atomic E-state index is 0.0244. The smallest absolute Gasteiger partial charge is 0.349 e. The first-order valence-electron chi connectivity index (χ1n) is 6.51. The monoisotopic (exact) mass is 327 g/mol. The average molecular weight is 327 g/mol. The summed E-state index contributed by atoms with van der Waals surface area (Å²) in [6.07, 6.45) is -4.19. The van der Waals surface area contributed by atoms with Gasteiger partial charge in [0.25, 0.3) is 0 Å².